The summed E-state index contributed by atoms with van der Waals surface area (Å²) in [6, 6.07) is 0. The summed E-state index contributed by atoms with van der Waals surface area (Å²) in [7, 11) is 1.26. The molecule has 0 N–H and O–H groups in total. The molecule has 0 bridgehead atoms. The van der Waals surface area contributed by atoms with Gasteiger partial charge in [-0.15, -0.1) is 0 Å². The Bertz CT molecular complexity index is 304. The molecule has 0 aromatic rings. The molecule has 1 saturated carbocycles. The maximum absolute atomic E-state index is 11.3. The van der Waals surface area contributed by atoms with Crippen LogP contribution in [0.25, 0.3) is 0 Å². The van der Waals surface area contributed by atoms with Gasteiger partial charge < -0.3 is 14.0 Å². The van der Waals surface area contributed by atoms with E-state index in [1.165, 1.54) is 7.11 Å². The summed E-state index contributed by atoms with van der Waals surface area (Å²) in [5.41, 5.74) is -0.567. The molecule has 0 spiro atoms. The van der Waals surface area contributed by atoms with Gasteiger partial charge in [-0.1, -0.05) is 0 Å². The van der Waals surface area contributed by atoms with Gasteiger partial charge in [-0.25, -0.2) is 0 Å². The molecule has 0 aromatic heterocycles. The molecule has 5 heteroatoms. The third kappa shape index (κ3) is 2.11. The molecule has 2 rings (SSSR count). The van der Waals surface area contributed by atoms with Gasteiger partial charge in [-0.05, 0) is 46.4 Å². The average Bonchev–Trinajstić information content (AvgIpc) is 2.32. The van der Waals surface area contributed by atoms with Crippen molar-refractivity contribution in [2.24, 2.45) is 5.92 Å². The minimum atomic E-state index is -0.284. The number of hydrogen-bond acceptors (Lipinski definition) is 4. The molecule has 0 aromatic carbocycles. The van der Waals surface area contributed by atoms with Crippen LogP contribution in [0.4, 0.5) is 0 Å². The van der Waals surface area contributed by atoms with E-state index in [1.807, 2.05) is 27.7 Å². The summed E-state index contributed by atoms with van der Waals surface area (Å²) < 4.78 is 16.6. The molecule has 0 radical (unpaired) electrons. The molecule has 4 nitrogen and oxygen atoms in total. The lowest BCUT2D eigenvalue weighted by molar-refractivity contribution is -0.148. The van der Waals surface area contributed by atoms with Gasteiger partial charge >= 0.3 is 13.1 Å². The minimum absolute atomic E-state index is 0.0315. The molecule has 0 atom stereocenters. The zero-order valence-corrected chi connectivity index (χ0v) is 11.3. The fourth-order valence-electron chi connectivity index (χ4n) is 2.32. The topological polar surface area (TPSA) is 44.8 Å². The molecule has 17 heavy (non-hydrogen) atoms. The Labute approximate surface area is 103 Å². The van der Waals surface area contributed by atoms with Crippen molar-refractivity contribution < 1.29 is 18.8 Å². The highest BCUT2D eigenvalue weighted by Crippen LogP contribution is 2.48. The van der Waals surface area contributed by atoms with Crippen molar-refractivity contribution in [2.45, 2.75) is 57.6 Å². The van der Waals surface area contributed by atoms with E-state index in [2.05, 4.69) is 0 Å². The highest BCUT2D eigenvalue weighted by molar-refractivity contribution is 6.47. The van der Waals surface area contributed by atoms with Crippen LogP contribution in [-0.2, 0) is 18.8 Å². The molecule has 0 amide bonds. The normalized spacial score (nSPS) is 34.3. The lowest BCUT2D eigenvalue weighted by Crippen LogP contribution is -2.41. The summed E-state index contributed by atoms with van der Waals surface area (Å²) in [6.45, 7) is 8.18. The number of methoxy groups -OCH3 is 1. The zero-order valence-electron chi connectivity index (χ0n) is 11.3. The van der Waals surface area contributed by atoms with E-state index in [0.29, 0.717) is 5.82 Å². The average molecular weight is 240 g/mol. The Morgan fingerprint density at radius 3 is 2.06 bits per heavy atom. The largest absolute Gasteiger partial charge is 0.469 e. The summed E-state index contributed by atoms with van der Waals surface area (Å²) in [5, 5.41) is 0. The van der Waals surface area contributed by atoms with E-state index in [1.54, 1.807) is 0 Å². The lowest BCUT2D eigenvalue weighted by Gasteiger charge is -2.34. The van der Waals surface area contributed by atoms with Gasteiger partial charge in [0.25, 0.3) is 0 Å². The van der Waals surface area contributed by atoms with E-state index in [4.69, 9.17) is 14.0 Å². The first-order chi connectivity index (χ1) is 7.77. The van der Waals surface area contributed by atoms with Crippen molar-refractivity contribution in [2.75, 3.05) is 7.11 Å². The number of carbonyl (C=O) groups excluding carboxylic acids is 1. The third-order valence-corrected chi connectivity index (χ3v) is 4.37. The second kappa shape index (κ2) is 3.99. The molecular formula is C12H21BO4. The molecule has 2 aliphatic rings. The van der Waals surface area contributed by atoms with Crippen LogP contribution < -0.4 is 0 Å². The highest BCUT2D eigenvalue weighted by atomic mass is 16.7. The van der Waals surface area contributed by atoms with Crippen LogP contribution in [0.3, 0.4) is 0 Å². The maximum atomic E-state index is 11.3. The van der Waals surface area contributed by atoms with Crippen molar-refractivity contribution in [3.8, 4) is 0 Å². The first kappa shape index (κ1) is 12.9. The van der Waals surface area contributed by atoms with Crippen LogP contribution in [0.5, 0.6) is 0 Å². The molecule has 96 valence electrons. The van der Waals surface area contributed by atoms with E-state index < -0.39 is 0 Å². The predicted octanol–water partition coefficient (Wildman–Crippen LogP) is 2.03. The SMILES string of the molecule is COC(=O)C1CC(B2OC(C)(C)C(C)(C)O2)C1. The van der Waals surface area contributed by atoms with Crippen LogP contribution in [0.2, 0.25) is 5.82 Å². The van der Waals surface area contributed by atoms with Crippen molar-refractivity contribution in [1.82, 2.24) is 0 Å². The Hall–Kier alpha value is -0.545. The van der Waals surface area contributed by atoms with Crippen molar-refractivity contribution >= 4 is 13.1 Å². The molecule has 1 heterocycles. The van der Waals surface area contributed by atoms with E-state index in [0.717, 1.165) is 12.8 Å². The fourth-order valence-corrected chi connectivity index (χ4v) is 2.32. The van der Waals surface area contributed by atoms with Crippen LogP contribution >= 0.6 is 0 Å². The molecular weight excluding hydrogens is 219 g/mol. The van der Waals surface area contributed by atoms with Gasteiger partial charge in [-0.2, -0.15) is 0 Å². The Morgan fingerprint density at radius 1 is 1.18 bits per heavy atom. The van der Waals surface area contributed by atoms with E-state index in [9.17, 15) is 4.79 Å². The third-order valence-electron chi connectivity index (χ3n) is 4.37. The van der Waals surface area contributed by atoms with Gasteiger partial charge in [0.05, 0.1) is 24.2 Å². The first-order valence-corrected chi connectivity index (χ1v) is 6.20. The van der Waals surface area contributed by atoms with Gasteiger partial charge in [-0.3, -0.25) is 4.79 Å². The molecule has 2 fully saturated rings. The quantitative estimate of drug-likeness (QED) is 0.547. The zero-order chi connectivity index (χ0) is 12.8. The summed E-state index contributed by atoms with van der Waals surface area (Å²) in [4.78, 5) is 11.3. The smallest absolute Gasteiger partial charge is 0.461 e. The predicted molar refractivity (Wildman–Crippen MR) is 64.6 cm³/mol. The monoisotopic (exact) mass is 240 g/mol. The minimum Gasteiger partial charge on any atom is -0.469 e. The molecule has 1 saturated heterocycles. The van der Waals surface area contributed by atoms with Gasteiger partial charge in [0.15, 0.2) is 0 Å². The number of esters is 1. The van der Waals surface area contributed by atoms with Gasteiger partial charge in [0.1, 0.15) is 0 Å². The number of rotatable bonds is 2. The van der Waals surface area contributed by atoms with E-state index in [-0.39, 0.29) is 30.2 Å². The maximum Gasteiger partial charge on any atom is 0.461 e. The van der Waals surface area contributed by atoms with Crippen molar-refractivity contribution in [1.29, 1.82) is 0 Å². The summed E-state index contributed by atoms with van der Waals surface area (Å²) in [6.07, 6.45) is 1.62. The lowest BCUT2D eigenvalue weighted by atomic mass is 9.56. The van der Waals surface area contributed by atoms with Crippen molar-refractivity contribution in [3.05, 3.63) is 0 Å². The molecule has 1 aliphatic heterocycles. The van der Waals surface area contributed by atoms with E-state index >= 15 is 0 Å². The van der Waals surface area contributed by atoms with Crippen LogP contribution in [-0.4, -0.2) is 31.4 Å². The standard InChI is InChI=1S/C12H21BO4/c1-11(2)12(3,4)17-13(16-11)9-6-8(7-9)10(14)15-5/h8-9H,6-7H2,1-5H3. The van der Waals surface area contributed by atoms with Crippen LogP contribution in [0, 0.1) is 5.92 Å². The number of ether oxygens (including phenoxy) is 1. The second-order valence-electron chi connectivity index (χ2n) is 6.08. The Kier molecular flexibility index (Phi) is 3.03. The number of carbonyl (C=O) groups is 1. The Morgan fingerprint density at radius 2 is 1.65 bits per heavy atom. The van der Waals surface area contributed by atoms with Crippen molar-refractivity contribution in [3.63, 3.8) is 0 Å². The van der Waals surface area contributed by atoms with Crippen LogP contribution in [0.15, 0.2) is 0 Å². The second-order valence-corrected chi connectivity index (χ2v) is 6.08. The van der Waals surface area contributed by atoms with Crippen LogP contribution in [0.1, 0.15) is 40.5 Å². The number of hydrogen-bond donors (Lipinski definition) is 0. The van der Waals surface area contributed by atoms with Gasteiger partial charge in [0.2, 0.25) is 0 Å². The fraction of sp³-hybridized carbons (Fsp3) is 0.917. The molecule has 0 unspecified atom stereocenters. The van der Waals surface area contributed by atoms with Gasteiger partial charge in [0, 0.05) is 0 Å². The Balaban J connectivity index is 1.90. The molecule has 1 aliphatic carbocycles. The summed E-state index contributed by atoms with van der Waals surface area (Å²) in [5.74, 6) is 0.238. The highest BCUT2D eigenvalue weighted by Gasteiger charge is 2.56. The first-order valence-electron chi connectivity index (χ1n) is 6.20. The summed E-state index contributed by atoms with van der Waals surface area (Å²) >= 11 is 0.